The fraction of sp³-hybridized carbons (Fsp3) is 0.826. The lowest BCUT2D eigenvalue weighted by Gasteiger charge is -2.06. The Morgan fingerprint density at radius 1 is 0.556 bits per heavy atom. The molecule has 0 aromatic carbocycles. The fourth-order valence-corrected chi connectivity index (χ4v) is 3.43. The maximum Gasteiger partial charge on any atom is 0.332 e. The van der Waals surface area contributed by atoms with E-state index in [9.17, 15) is 9.59 Å². The molecule has 0 bridgehead atoms. The van der Waals surface area contributed by atoms with Gasteiger partial charge in [-0.15, -0.1) is 0 Å². The first-order chi connectivity index (χ1) is 13.0. The van der Waals surface area contributed by atoms with Crippen molar-refractivity contribution in [2.45, 2.75) is 123 Å². The van der Waals surface area contributed by atoms with Crippen LogP contribution < -0.4 is 0 Å². The molecule has 0 atom stereocenters. The van der Waals surface area contributed by atoms with Gasteiger partial charge in [0, 0.05) is 11.1 Å². The molecule has 0 rings (SSSR count). The first-order valence-electron chi connectivity index (χ1n) is 11.2. The van der Waals surface area contributed by atoms with E-state index in [0.717, 1.165) is 19.3 Å². The molecule has 0 saturated heterocycles. The molecule has 4 nitrogen and oxygen atoms in total. The Labute approximate surface area is 166 Å². The highest BCUT2D eigenvalue weighted by atomic mass is 16.4. The number of aliphatic carboxylic acids is 2. The smallest absolute Gasteiger partial charge is 0.332 e. The van der Waals surface area contributed by atoms with E-state index in [1.54, 1.807) is 0 Å². The van der Waals surface area contributed by atoms with Crippen molar-refractivity contribution in [2.24, 2.45) is 0 Å². The van der Waals surface area contributed by atoms with Crippen molar-refractivity contribution in [3.8, 4) is 0 Å². The summed E-state index contributed by atoms with van der Waals surface area (Å²) >= 11 is 0. The molecule has 4 heteroatoms. The van der Waals surface area contributed by atoms with Crippen molar-refractivity contribution in [3.05, 3.63) is 11.1 Å². The van der Waals surface area contributed by atoms with Gasteiger partial charge in [-0.2, -0.15) is 0 Å². The molecule has 0 radical (unpaired) electrons. The van der Waals surface area contributed by atoms with Crippen LogP contribution in [-0.2, 0) is 9.59 Å². The monoisotopic (exact) mass is 382 g/mol. The van der Waals surface area contributed by atoms with Crippen molar-refractivity contribution < 1.29 is 19.8 Å². The summed E-state index contributed by atoms with van der Waals surface area (Å²) in [5, 5.41) is 18.0. The molecule has 0 heterocycles. The Kier molecular flexibility index (Phi) is 17.2. The number of carboxylic acids is 2. The van der Waals surface area contributed by atoms with E-state index in [1.807, 2.05) is 0 Å². The predicted octanol–water partition coefficient (Wildman–Crippen LogP) is 7.12. The van der Waals surface area contributed by atoms with Crippen LogP contribution in [0.5, 0.6) is 0 Å². The molecule has 27 heavy (non-hydrogen) atoms. The summed E-state index contributed by atoms with van der Waals surface area (Å²) in [5.74, 6) is -2.24. The summed E-state index contributed by atoms with van der Waals surface area (Å²) in [5.41, 5.74) is 0.0105. The van der Waals surface area contributed by atoms with E-state index in [2.05, 4.69) is 6.92 Å². The average molecular weight is 383 g/mol. The average Bonchev–Trinajstić information content (AvgIpc) is 2.63. The molecule has 0 aliphatic heterocycles. The second-order valence-corrected chi connectivity index (χ2v) is 7.77. The predicted molar refractivity (Wildman–Crippen MR) is 112 cm³/mol. The Bertz CT molecular complexity index is 426. The van der Waals surface area contributed by atoms with Crippen molar-refractivity contribution in [1.82, 2.24) is 0 Å². The van der Waals surface area contributed by atoms with Gasteiger partial charge in [0.2, 0.25) is 0 Å². The number of hydrogen-bond acceptors (Lipinski definition) is 2. The highest BCUT2D eigenvalue weighted by molar-refractivity contribution is 5.98. The standard InChI is InChI=1S/C23H42O4/c1-3-4-5-6-7-8-9-10-11-12-13-14-15-16-17-18-19-21(23(26)27)20(2)22(24)25/h3-19H2,1-2H3,(H,24,25)(H,26,27). The van der Waals surface area contributed by atoms with Gasteiger partial charge in [0.1, 0.15) is 0 Å². The van der Waals surface area contributed by atoms with E-state index in [4.69, 9.17) is 10.2 Å². The molecule has 0 aliphatic carbocycles. The lowest BCUT2D eigenvalue weighted by atomic mass is 10.0. The molecule has 0 unspecified atom stereocenters. The SMILES string of the molecule is CCCCCCCCCCCCCCCCCCC(C(=O)O)=C(C)C(=O)O. The van der Waals surface area contributed by atoms with Gasteiger partial charge in [0.05, 0.1) is 0 Å². The van der Waals surface area contributed by atoms with Crippen LogP contribution >= 0.6 is 0 Å². The molecule has 0 saturated carbocycles. The minimum atomic E-state index is -1.14. The van der Waals surface area contributed by atoms with Crippen LogP contribution in [0.25, 0.3) is 0 Å². The summed E-state index contributed by atoms with van der Waals surface area (Å²) in [6.45, 7) is 3.63. The van der Waals surface area contributed by atoms with Gasteiger partial charge in [0.25, 0.3) is 0 Å². The van der Waals surface area contributed by atoms with Crippen LogP contribution in [0.2, 0.25) is 0 Å². The van der Waals surface area contributed by atoms with Gasteiger partial charge in [0.15, 0.2) is 0 Å². The molecule has 0 aliphatic rings. The van der Waals surface area contributed by atoms with Gasteiger partial charge < -0.3 is 10.2 Å². The first kappa shape index (κ1) is 25.7. The van der Waals surface area contributed by atoms with Crippen molar-refractivity contribution in [3.63, 3.8) is 0 Å². The van der Waals surface area contributed by atoms with Crippen LogP contribution in [-0.4, -0.2) is 22.2 Å². The Morgan fingerprint density at radius 2 is 0.889 bits per heavy atom. The highest BCUT2D eigenvalue weighted by Gasteiger charge is 2.15. The Hall–Kier alpha value is -1.32. The zero-order valence-electron chi connectivity index (χ0n) is 17.7. The van der Waals surface area contributed by atoms with Gasteiger partial charge in [-0.25, -0.2) is 9.59 Å². The summed E-state index contributed by atoms with van der Waals surface area (Å²) in [4.78, 5) is 22.0. The van der Waals surface area contributed by atoms with Gasteiger partial charge >= 0.3 is 11.9 Å². The normalized spacial score (nSPS) is 12.1. The summed E-state index contributed by atoms with van der Waals surface area (Å²) in [7, 11) is 0. The summed E-state index contributed by atoms with van der Waals surface area (Å²) in [6.07, 6.45) is 20.7. The third kappa shape index (κ3) is 15.4. The van der Waals surface area contributed by atoms with E-state index in [1.165, 1.54) is 90.4 Å². The Balaban J connectivity index is 3.44. The van der Waals surface area contributed by atoms with Crippen molar-refractivity contribution in [2.75, 3.05) is 0 Å². The molecule has 0 aromatic heterocycles. The maximum atomic E-state index is 11.1. The topological polar surface area (TPSA) is 74.6 Å². The molecule has 158 valence electrons. The van der Waals surface area contributed by atoms with Crippen LogP contribution in [0, 0.1) is 0 Å². The first-order valence-corrected chi connectivity index (χ1v) is 11.2. The van der Waals surface area contributed by atoms with Gasteiger partial charge in [-0.05, 0) is 19.8 Å². The van der Waals surface area contributed by atoms with Crippen LogP contribution in [0.3, 0.4) is 0 Å². The number of rotatable bonds is 19. The Morgan fingerprint density at radius 3 is 1.19 bits per heavy atom. The minimum absolute atomic E-state index is 0.0385. The lowest BCUT2D eigenvalue weighted by molar-refractivity contribution is -0.136. The van der Waals surface area contributed by atoms with Crippen LogP contribution in [0.1, 0.15) is 123 Å². The zero-order chi connectivity index (χ0) is 20.3. The zero-order valence-corrected chi connectivity index (χ0v) is 17.7. The number of carboxylic acid groups (broad SMARTS) is 2. The third-order valence-corrected chi connectivity index (χ3v) is 5.31. The molecular weight excluding hydrogens is 340 g/mol. The molecule has 0 aromatic rings. The molecular formula is C23H42O4. The largest absolute Gasteiger partial charge is 0.478 e. The quantitative estimate of drug-likeness (QED) is 0.184. The molecule has 2 N–H and O–H groups in total. The highest BCUT2D eigenvalue weighted by Crippen LogP contribution is 2.17. The fourth-order valence-electron chi connectivity index (χ4n) is 3.43. The second kappa shape index (κ2) is 18.1. The van der Waals surface area contributed by atoms with E-state index < -0.39 is 11.9 Å². The molecule has 0 spiro atoms. The van der Waals surface area contributed by atoms with Gasteiger partial charge in [-0.3, -0.25) is 0 Å². The second-order valence-electron chi connectivity index (χ2n) is 7.77. The minimum Gasteiger partial charge on any atom is -0.478 e. The van der Waals surface area contributed by atoms with Crippen LogP contribution in [0.15, 0.2) is 11.1 Å². The van der Waals surface area contributed by atoms with E-state index in [0.29, 0.717) is 6.42 Å². The maximum absolute atomic E-state index is 11.1. The molecule has 0 amide bonds. The van der Waals surface area contributed by atoms with Crippen molar-refractivity contribution in [1.29, 1.82) is 0 Å². The number of carbonyl (C=O) groups is 2. The van der Waals surface area contributed by atoms with E-state index in [-0.39, 0.29) is 11.1 Å². The van der Waals surface area contributed by atoms with Gasteiger partial charge in [-0.1, -0.05) is 103 Å². The summed E-state index contributed by atoms with van der Waals surface area (Å²) < 4.78 is 0. The van der Waals surface area contributed by atoms with E-state index >= 15 is 0 Å². The van der Waals surface area contributed by atoms with Crippen LogP contribution in [0.4, 0.5) is 0 Å². The third-order valence-electron chi connectivity index (χ3n) is 5.31. The number of hydrogen-bond donors (Lipinski definition) is 2. The summed E-state index contributed by atoms with van der Waals surface area (Å²) in [6, 6.07) is 0. The lowest BCUT2D eigenvalue weighted by Crippen LogP contribution is -2.09. The van der Waals surface area contributed by atoms with Crippen molar-refractivity contribution >= 4 is 11.9 Å². The number of unbranched alkanes of at least 4 members (excludes halogenated alkanes) is 15. The molecule has 0 fully saturated rings.